The molecule has 16 heavy (non-hydrogen) atoms. The lowest BCUT2D eigenvalue weighted by Gasteiger charge is -2.16. The van der Waals surface area contributed by atoms with Crippen molar-refractivity contribution in [2.45, 2.75) is 39.8 Å². The van der Waals surface area contributed by atoms with Gasteiger partial charge in [0.2, 0.25) is 0 Å². The lowest BCUT2D eigenvalue weighted by molar-refractivity contribution is 0.698. The van der Waals surface area contributed by atoms with E-state index in [9.17, 15) is 9.59 Å². The molecule has 0 bridgehead atoms. The minimum atomic E-state index is -0.472. The Kier molecular flexibility index (Phi) is 3.76. The normalized spacial score (nSPS) is 12.4. The van der Waals surface area contributed by atoms with Crippen molar-refractivity contribution in [1.82, 2.24) is 9.55 Å². The predicted octanol–water partition coefficient (Wildman–Crippen LogP) is 0.349. The first kappa shape index (κ1) is 12.4. The number of anilines is 2. The fraction of sp³-hybridized carbons (Fsp3) is 0.600. The minimum absolute atomic E-state index is 0.131. The van der Waals surface area contributed by atoms with Crippen LogP contribution >= 0.6 is 0 Å². The Labute approximate surface area is 93.5 Å². The van der Waals surface area contributed by atoms with E-state index in [-0.39, 0.29) is 17.5 Å². The van der Waals surface area contributed by atoms with Gasteiger partial charge in [-0.2, -0.15) is 0 Å². The summed E-state index contributed by atoms with van der Waals surface area (Å²) in [7, 11) is 0. The predicted molar refractivity (Wildman–Crippen MR) is 64.8 cm³/mol. The van der Waals surface area contributed by atoms with Crippen LogP contribution in [0.1, 0.15) is 27.2 Å². The first-order valence-corrected chi connectivity index (χ1v) is 5.40. The van der Waals surface area contributed by atoms with Crippen LogP contribution in [0.5, 0.6) is 0 Å². The molecule has 1 aromatic rings. The van der Waals surface area contributed by atoms with Gasteiger partial charge < -0.3 is 11.1 Å². The van der Waals surface area contributed by atoms with Gasteiger partial charge in [0.15, 0.2) is 0 Å². The van der Waals surface area contributed by atoms with Crippen molar-refractivity contribution in [1.29, 1.82) is 0 Å². The van der Waals surface area contributed by atoms with Crippen molar-refractivity contribution in [3.8, 4) is 0 Å². The largest absolute Gasteiger partial charge is 0.383 e. The quantitative estimate of drug-likeness (QED) is 0.690. The number of nitrogens with zero attached hydrogens (tertiary/aromatic N) is 1. The summed E-state index contributed by atoms with van der Waals surface area (Å²) in [4.78, 5) is 25.2. The molecule has 90 valence electrons. The monoisotopic (exact) mass is 226 g/mol. The summed E-state index contributed by atoms with van der Waals surface area (Å²) in [6.45, 7) is 6.16. The van der Waals surface area contributed by atoms with E-state index in [1.807, 2.05) is 13.8 Å². The summed E-state index contributed by atoms with van der Waals surface area (Å²) >= 11 is 0. The van der Waals surface area contributed by atoms with Crippen LogP contribution in [0.15, 0.2) is 9.59 Å². The zero-order chi connectivity index (χ0) is 12.3. The molecule has 1 atom stereocenters. The third-order valence-corrected chi connectivity index (χ3v) is 2.56. The summed E-state index contributed by atoms with van der Waals surface area (Å²) in [5.41, 5.74) is 5.12. The van der Waals surface area contributed by atoms with E-state index < -0.39 is 11.2 Å². The molecule has 6 heteroatoms. The third-order valence-electron chi connectivity index (χ3n) is 2.56. The smallest absolute Gasteiger partial charge is 0.330 e. The van der Waals surface area contributed by atoms with Crippen LogP contribution in [-0.4, -0.2) is 15.6 Å². The van der Waals surface area contributed by atoms with Gasteiger partial charge in [-0.1, -0.05) is 6.92 Å². The van der Waals surface area contributed by atoms with Crippen LogP contribution in [0.4, 0.5) is 11.5 Å². The van der Waals surface area contributed by atoms with E-state index >= 15 is 0 Å². The summed E-state index contributed by atoms with van der Waals surface area (Å²) < 4.78 is 1.33. The van der Waals surface area contributed by atoms with Crippen molar-refractivity contribution in [3.63, 3.8) is 0 Å². The molecule has 0 aliphatic heterocycles. The average molecular weight is 226 g/mol. The highest BCUT2D eigenvalue weighted by Gasteiger charge is 2.12. The molecular weight excluding hydrogens is 208 g/mol. The van der Waals surface area contributed by atoms with Gasteiger partial charge in [0.05, 0.1) is 0 Å². The van der Waals surface area contributed by atoms with Crippen molar-refractivity contribution in [3.05, 3.63) is 20.8 Å². The number of nitrogens with two attached hydrogens (primary N) is 1. The molecule has 0 radical (unpaired) electrons. The van der Waals surface area contributed by atoms with Gasteiger partial charge in [0.1, 0.15) is 11.5 Å². The summed E-state index contributed by atoms with van der Waals surface area (Å²) in [6.07, 6.45) is 0.865. The minimum Gasteiger partial charge on any atom is -0.383 e. The fourth-order valence-corrected chi connectivity index (χ4v) is 1.39. The van der Waals surface area contributed by atoms with Gasteiger partial charge in [0, 0.05) is 12.6 Å². The van der Waals surface area contributed by atoms with E-state index in [0.29, 0.717) is 6.54 Å². The highest BCUT2D eigenvalue weighted by molar-refractivity contribution is 5.60. The maximum atomic E-state index is 11.6. The first-order valence-electron chi connectivity index (χ1n) is 5.40. The molecule has 1 unspecified atom stereocenters. The lowest BCUT2D eigenvalue weighted by atomic mass is 10.2. The van der Waals surface area contributed by atoms with E-state index in [2.05, 4.69) is 10.3 Å². The number of aromatic amines is 1. The summed E-state index contributed by atoms with van der Waals surface area (Å²) in [6, 6.07) is 0.131. The summed E-state index contributed by atoms with van der Waals surface area (Å²) in [5, 5.41) is 3.00. The second-order valence-electron chi connectivity index (χ2n) is 3.72. The second kappa shape index (κ2) is 4.87. The van der Waals surface area contributed by atoms with Gasteiger partial charge in [-0.05, 0) is 20.3 Å². The first-order chi connectivity index (χ1) is 7.51. The van der Waals surface area contributed by atoms with Gasteiger partial charge in [-0.15, -0.1) is 0 Å². The van der Waals surface area contributed by atoms with Gasteiger partial charge >= 0.3 is 5.69 Å². The Bertz CT molecular complexity index is 475. The molecule has 0 amide bonds. The molecule has 0 aliphatic rings. The molecule has 0 aliphatic carbocycles. The molecule has 4 N–H and O–H groups in total. The molecule has 1 rings (SSSR count). The SMILES string of the molecule is CCC(C)Nc1c(N)n(CC)c(=O)[nH]c1=O. The molecule has 0 fully saturated rings. The number of nitrogens with one attached hydrogen (secondary N) is 2. The zero-order valence-corrected chi connectivity index (χ0v) is 9.83. The van der Waals surface area contributed by atoms with E-state index in [1.165, 1.54) is 4.57 Å². The van der Waals surface area contributed by atoms with Crippen LogP contribution < -0.4 is 22.3 Å². The van der Waals surface area contributed by atoms with Crippen LogP contribution in [0, 0.1) is 0 Å². The number of hydrogen-bond acceptors (Lipinski definition) is 4. The highest BCUT2D eigenvalue weighted by Crippen LogP contribution is 2.11. The number of nitrogen functional groups attached to an aromatic ring is 1. The summed E-state index contributed by atoms with van der Waals surface area (Å²) in [5.74, 6) is 0.191. The number of rotatable bonds is 4. The molecule has 0 aromatic carbocycles. The van der Waals surface area contributed by atoms with Crippen molar-refractivity contribution in [2.24, 2.45) is 0 Å². The Morgan fingerprint density at radius 3 is 2.56 bits per heavy atom. The maximum absolute atomic E-state index is 11.6. The third kappa shape index (κ3) is 2.26. The average Bonchev–Trinajstić information content (AvgIpc) is 2.24. The molecule has 0 spiro atoms. The Morgan fingerprint density at radius 2 is 2.06 bits per heavy atom. The van der Waals surface area contributed by atoms with Crippen LogP contribution in [0.25, 0.3) is 0 Å². The molecule has 1 aromatic heterocycles. The lowest BCUT2D eigenvalue weighted by Crippen LogP contribution is -2.35. The van der Waals surface area contributed by atoms with Gasteiger partial charge in [-0.25, -0.2) is 4.79 Å². The molecule has 6 nitrogen and oxygen atoms in total. The molecule has 0 saturated carbocycles. The van der Waals surface area contributed by atoms with Crippen molar-refractivity contribution < 1.29 is 0 Å². The molecular formula is C10H18N4O2. The van der Waals surface area contributed by atoms with Gasteiger partial charge in [0.25, 0.3) is 5.56 Å². The molecule has 0 saturated heterocycles. The van der Waals surface area contributed by atoms with Gasteiger partial charge in [-0.3, -0.25) is 14.3 Å². The van der Waals surface area contributed by atoms with Crippen LogP contribution in [-0.2, 0) is 6.54 Å². The number of hydrogen-bond donors (Lipinski definition) is 3. The number of H-pyrrole nitrogens is 1. The topological polar surface area (TPSA) is 92.9 Å². The van der Waals surface area contributed by atoms with E-state index in [0.717, 1.165) is 6.42 Å². The maximum Gasteiger partial charge on any atom is 0.330 e. The zero-order valence-electron chi connectivity index (χ0n) is 9.83. The number of aromatic nitrogens is 2. The Morgan fingerprint density at radius 1 is 1.44 bits per heavy atom. The Balaban J connectivity index is 3.29. The molecule has 1 heterocycles. The van der Waals surface area contributed by atoms with Crippen molar-refractivity contribution >= 4 is 11.5 Å². The van der Waals surface area contributed by atoms with Crippen molar-refractivity contribution in [2.75, 3.05) is 11.1 Å². The standard InChI is InChI=1S/C10H18N4O2/c1-4-6(3)12-7-8(11)14(5-2)10(16)13-9(7)15/h6,12H,4-5,11H2,1-3H3,(H,13,15,16). The Hall–Kier alpha value is -1.72. The van der Waals surface area contributed by atoms with E-state index in [4.69, 9.17) is 5.73 Å². The van der Waals surface area contributed by atoms with Crippen LogP contribution in [0.2, 0.25) is 0 Å². The highest BCUT2D eigenvalue weighted by atomic mass is 16.2. The fourth-order valence-electron chi connectivity index (χ4n) is 1.39. The van der Waals surface area contributed by atoms with Crippen LogP contribution in [0.3, 0.4) is 0 Å². The second-order valence-corrected chi connectivity index (χ2v) is 3.72. The van der Waals surface area contributed by atoms with E-state index in [1.54, 1.807) is 6.92 Å².